The summed E-state index contributed by atoms with van der Waals surface area (Å²) in [6.07, 6.45) is 3.53. The van der Waals surface area contributed by atoms with Gasteiger partial charge < -0.3 is 14.5 Å². The highest BCUT2D eigenvalue weighted by molar-refractivity contribution is 8.15. The van der Waals surface area contributed by atoms with Crippen LogP contribution in [0.3, 0.4) is 0 Å². The van der Waals surface area contributed by atoms with Gasteiger partial charge in [-0.25, -0.2) is 0 Å². The number of hydrogen-bond donors (Lipinski definition) is 0. The van der Waals surface area contributed by atoms with E-state index in [1.54, 1.807) is 0 Å². The molecule has 120 valence electrons. The van der Waals surface area contributed by atoms with Gasteiger partial charge in [-0.2, -0.15) is 0 Å². The highest BCUT2D eigenvalue weighted by atomic mass is 32.2. The van der Waals surface area contributed by atoms with Gasteiger partial charge >= 0.3 is 0 Å². The first-order valence-corrected chi connectivity index (χ1v) is 8.91. The molecule has 0 bridgehead atoms. The molecule has 2 aliphatic heterocycles. The van der Waals surface area contributed by atoms with Gasteiger partial charge in [0, 0.05) is 31.8 Å². The number of piperazine rings is 1. The minimum absolute atomic E-state index is 0.174. The maximum atomic E-state index is 11.5. The summed E-state index contributed by atoms with van der Waals surface area (Å²) in [7, 11) is 2.19. The van der Waals surface area contributed by atoms with Crippen LogP contribution in [-0.4, -0.2) is 66.5 Å². The first-order valence-electron chi connectivity index (χ1n) is 8.03. The third-order valence-corrected chi connectivity index (χ3v) is 5.39. The highest BCUT2D eigenvalue weighted by Gasteiger charge is 2.28. The van der Waals surface area contributed by atoms with Crippen molar-refractivity contribution in [2.75, 3.05) is 46.4 Å². The molecule has 1 atom stereocenters. The van der Waals surface area contributed by atoms with E-state index in [1.165, 1.54) is 57.3 Å². The molecule has 0 saturated carbocycles. The van der Waals surface area contributed by atoms with Gasteiger partial charge in [0.1, 0.15) is 5.76 Å². The summed E-state index contributed by atoms with van der Waals surface area (Å²) in [4.78, 5) is 16.5. The number of unbranched alkanes of at least 4 members (excludes halogenated alkanes) is 2. The second-order valence-corrected chi connectivity index (χ2v) is 7.40. The van der Waals surface area contributed by atoms with Gasteiger partial charge in [-0.15, -0.1) is 0 Å². The monoisotopic (exact) mass is 312 g/mol. The van der Waals surface area contributed by atoms with Crippen molar-refractivity contribution in [3.05, 3.63) is 11.3 Å². The predicted molar refractivity (Wildman–Crippen MR) is 88.5 cm³/mol. The molecule has 2 rings (SSSR count). The fourth-order valence-corrected chi connectivity index (χ4v) is 3.75. The van der Waals surface area contributed by atoms with Gasteiger partial charge in [-0.05, 0) is 46.7 Å². The van der Waals surface area contributed by atoms with Crippen molar-refractivity contribution in [3.8, 4) is 0 Å². The Bertz CT molecular complexity index is 390. The topological polar surface area (TPSA) is 32.8 Å². The van der Waals surface area contributed by atoms with E-state index in [0.29, 0.717) is 0 Å². The molecule has 4 nitrogen and oxygen atoms in total. The Hall–Kier alpha value is -0.520. The molecule has 0 aromatic rings. The van der Waals surface area contributed by atoms with Crippen molar-refractivity contribution in [2.24, 2.45) is 0 Å². The molecule has 0 amide bonds. The second kappa shape index (κ2) is 8.20. The van der Waals surface area contributed by atoms with E-state index in [-0.39, 0.29) is 10.4 Å². The number of nitrogens with zero attached hydrogens (tertiary/aromatic N) is 2. The molecule has 0 spiro atoms. The Balaban J connectivity index is 1.53. The van der Waals surface area contributed by atoms with Crippen molar-refractivity contribution in [2.45, 2.75) is 38.4 Å². The van der Waals surface area contributed by atoms with Gasteiger partial charge in [-0.3, -0.25) is 4.79 Å². The normalized spacial score (nSPS) is 24.9. The number of ether oxygens (including phenoxy) is 1. The van der Waals surface area contributed by atoms with Crippen molar-refractivity contribution >= 4 is 16.9 Å². The van der Waals surface area contributed by atoms with Crippen LogP contribution in [0.5, 0.6) is 0 Å². The average Bonchev–Trinajstić information content (AvgIpc) is 2.70. The molecule has 0 aliphatic carbocycles. The SMILES string of the molecule is CC1=C(OCCCCCN2CCN(C)CC2)C(C)SC1=O. The van der Waals surface area contributed by atoms with Crippen molar-refractivity contribution in [1.29, 1.82) is 0 Å². The molecule has 1 fully saturated rings. The zero-order chi connectivity index (χ0) is 15.2. The molecule has 2 heterocycles. The number of hydrogen-bond acceptors (Lipinski definition) is 5. The van der Waals surface area contributed by atoms with Crippen LogP contribution in [0.15, 0.2) is 11.3 Å². The van der Waals surface area contributed by atoms with E-state index in [1.807, 2.05) is 13.8 Å². The van der Waals surface area contributed by atoms with Crippen molar-refractivity contribution in [1.82, 2.24) is 9.80 Å². The Labute approximate surface area is 132 Å². The van der Waals surface area contributed by atoms with Crippen LogP contribution in [0.2, 0.25) is 0 Å². The molecule has 0 radical (unpaired) electrons. The lowest BCUT2D eigenvalue weighted by molar-refractivity contribution is -0.107. The lowest BCUT2D eigenvalue weighted by Crippen LogP contribution is -2.44. The highest BCUT2D eigenvalue weighted by Crippen LogP contribution is 2.33. The molecule has 2 aliphatic rings. The third-order valence-electron chi connectivity index (χ3n) is 4.30. The summed E-state index contributed by atoms with van der Waals surface area (Å²) in [5.41, 5.74) is 0.810. The van der Waals surface area contributed by atoms with Crippen LogP contribution < -0.4 is 0 Å². The summed E-state index contributed by atoms with van der Waals surface area (Å²) in [5.74, 6) is 0.907. The largest absolute Gasteiger partial charge is 0.496 e. The van der Waals surface area contributed by atoms with Crippen molar-refractivity contribution in [3.63, 3.8) is 0 Å². The van der Waals surface area contributed by atoms with Gasteiger partial charge in [0.2, 0.25) is 5.12 Å². The third kappa shape index (κ3) is 5.01. The lowest BCUT2D eigenvalue weighted by atomic mass is 10.2. The molecule has 1 saturated heterocycles. The second-order valence-electron chi connectivity index (χ2n) is 6.09. The van der Waals surface area contributed by atoms with Gasteiger partial charge in [0.05, 0.1) is 11.9 Å². The predicted octanol–water partition coefficient (Wildman–Crippen LogP) is 2.36. The van der Waals surface area contributed by atoms with Crippen LogP contribution in [0.1, 0.15) is 33.1 Å². The lowest BCUT2D eigenvalue weighted by Gasteiger charge is -2.32. The van der Waals surface area contributed by atoms with Crippen LogP contribution >= 0.6 is 11.8 Å². The molecule has 0 N–H and O–H groups in total. The molecule has 0 aromatic carbocycles. The fourth-order valence-electron chi connectivity index (χ4n) is 2.80. The quantitative estimate of drug-likeness (QED) is 0.674. The zero-order valence-electron chi connectivity index (χ0n) is 13.6. The van der Waals surface area contributed by atoms with E-state index >= 15 is 0 Å². The van der Waals surface area contributed by atoms with E-state index in [4.69, 9.17) is 4.74 Å². The Kier molecular flexibility index (Phi) is 6.58. The summed E-state index contributed by atoms with van der Waals surface area (Å²) >= 11 is 1.38. The molecule has 0 aromatic heterocycles. The standard InChI is InChI=1S/C16H28N2O2S/c1-13-15(14(2)21-16(13)19)20-12-6-4-5-7-18-10-8-17(3)9-11-18/h14H,4-12H2,1-3H3. The minimum atomic E-state index is 0.174. The molecule has 21 heavy (non-hydrogen) atoms. The van der Waals surface area contributed by atoms with E-state index < -0.39 is 0 Å². The van der Waals surface area contributed by atoms with Crippen LogP contribution in [0.25, 0.3) is 0 Å². The summed E-state index contributed by atoms with van der Waals surface area (Å²) < 4.78 is 5.82. The summed E-state index contributed by atoms with van der Waals surface area (Å²) in [6, 6.07) is 0. The zero-order valence-corrected chi connectivity index (χ0v) is 14.4. The van der Waals surface area contributed by atoms with Gasteiger partial charge in [-0.1, -0.05) is 11.8 Å². The van der Waals surface area contributed by atoms with Crippen LogP contribution in [0.4, 0.5) is 0 Å². The van der Waals surface area contributed by atoms with Gasteiger partial charge in [0.25, 0.3) is 0 Å². The molecular formula is C16H28N2O2S. The van der Waals surface area contributed by atoms with Crippen LogP contribution in [-0.2, 0) is 9.53 Å². The van der Waals surface area contributed by atoms with Crippen LogP contribution in [0, 0.1) is 0 Å². The first kappa shape index (κ1) is 16.8. The Morgan fingerprint density at radius 3 is 2.52 bits per heavy atom. The number of likely N-dealkylation sites (N-methyl/N-ethyl adjacent to an activating group) is 1. The van der Waals surface area contributed by atoms with E-state index in [0.717, 1.165) is 24.4 Å². The summed E-state index contributed by atoms with van der Waals surface area (Å²) in [6.45, 7) is 10.7. The van der Waals surface area contributed by atoms with E-state index in [2.05, 4.69) is 16.8 Å². The number of thioether (sulfide) groups is 1. The maximum Gasteiger partial charge on any atom is 0.219 e. The molecule has 1 unspecified atom stereocenters. The number of carbonyl (C=O) groups is 1. The Morgan fingerprint density at radius 2 is 1.90 bits per heavy atom. The molecular weight excluding hydrogens is 284 g/mol. The Morgan fingerprint density at radius 1 is 1.19 bits per heavy atom. The first-order chi connectivity index (χ1) is 10.1. The van der Waals surface area contributed by atoms with Crippen molar-refractivity contribution < 1.29 is 9.53 Å². The minimum Gasteiger partial charge on any atom is -0.496 e. The number of rotatable bonds is 7. The van der Waals surface area contributed by atoms with E-state index in [9.17, 15) is 4.79 Å². The fraction of sp³-hybridized carbons (Fsp3) is 0.812. The van der Waals surface area contributed by atoms with Gasteiger partial charge in [0.15, 0.2) is 0 Å². The number of carbonyl (C=O) groups excluding carboxylic acids is 1. The smallest absolute Gasteiger partial charge is 0.219 e. The molecule has 5 heteroatoms. The average molecular weight is 312 g/mol. The maximum absolute atomic E-state index is 11.5. The summed E-state index contributed by atoms with van der Waals surface area (Å²) in [5, 5.41) is 0.371.